The van der Waals surface area contributed by atoms with Crippen LogP contribution in [0.1, 0.15) is 35.2 Å². The average molecular weight is 415 g/mol. The molecule has 3 N–H and O–H groups in total. The number of nitrogens with zero attached hydrogens (tertiary/aromatic N) is 4. The highest BCUT2D eigenvalue weighted by atomic mass is 19.4. The van der Waals surface area contributed by atoms with E-state index in [1.54, 1.807) is 30.5 Å². The molecule has 0 fully saturated rings. The Kier molecular flexibility index (Phi) is 4.37. The first-order valence-electron chi connectivity index (χ1n) is 9.30. The van der Waals surface area contributed by atoms with Crippen LogP contribution >= 0.6 is 0 Å². The fourth-order valence-corrected chi connectivity index (χ4v) is 3.88. The molecule has 1 unspecified atom stereocenters. The van der Waals surface area contributed by atoms with E-state index >= 15 is 0 Å². The Labute approximate surface area is 170 Å². The maximum atomic E-state index is 13.4. The third-order valence-electron chi connectivity index (χ3n) is 5.57. The first-order valence-corrected chi connectivity index (χ1v) is 9.30. The Morgan fingerprint density at radius 3 is 2.47 bits per heavy atom. The lowest BCUT2D eigenvalue weighted by atomic mass is 9.98. The van der Waals surface area contributed by atoms with Crippen LogP contribution in [-0.4, -0.2) is 30.8 Å². The van der Waals surface area contributed by atoms with E-state index in [1.807, 2.05) is 6.92 Å². The molecule has 9 heteroatoms. The number of pyridine rings is 1. The molecule has 0 aliphatic heterocycles. The molecule has 3 aromatic heterocycles. The van der Waals surface area contributed by atoms with Crippen LogP contribution < -0.4 is 5.73 Å². The molecule has 0 amide bonds. The topological polar surface area (TPSA) is 89.8 Å². The Hall–Kier alpha value is -3.36. The van der Waals surface area contributed by atoms with Gasteiger partial charge in [-0.05, 0) is 51.0 Å². The molecule has 4 aromatic rings. The number of phenolic OH excluding ortho intramolecular Hbond substituents is 1. The molecule has 0 saturated carbocycles. The summed E-state index contributed by atoms with van der Waals surface area (Å²) >= 11 is 0. The molecule has 0 spiro atoms. The number of hydrogen-bond acceptors (Lipinski definition) is 5. The minimum Gasteiger partial charge on any atom is -0.508 e. The van der Waals surface area contributed by atoms with Gasteiger partial charge in [-0.1, -0.05) is 6.07 Å². The van der Waals surface area contributed by atoms with Crippen molar-refractivity contribution in [3.8, 4) is 11.4 Å². The zero-order valence-electron chi connectivity index (χ0n) is 16.8. The quantitative estimate of drug-likeness (QED) is 0.489. The van der Waals surface area contributed by atoms with Gasteiger partial charge in [-0.15, -0.1) is 0 Å². The normalized spacial score (nSPS) is 13.3. The highest BCUT2D eigenvalue weighted by Gasteiger charge is 2.38. The van der Waals surface area contributed by atoms with Gasteiger partial charge in [-0.3, -0.25) is 4.57 Å². The Morgan fingerprint density at radius 1 is 1.10 bits per heavy atom. The van der Waals surface area contributed by atoms with Gasteiger partial charge >= 0.3 is 6.18 Å². The molecule has 1 atom stereocenters. The molecular formula is C21H20F3N5O. The van der Waals surface area contributed by atoms with Gasteiger partial charge in [0, 0.05) is 16.6 Å². The monoisotopic (exact) mass is 415 g/mol. The van der Waals surface area contributed by atoms with Crippen molar-refractivity contribution in [2.75, 3.05) is 5.73 Å². The molecule has 0 aliphatic carbocycles. The highest BCUT2D eigenvalue weighted by Crippen LogP contribution is 2.40. The molecule has 6 nitrogen and oxygen atoms in total. The van der Waals surface area contributed by atoms with Gasteiger partial charge in [0.25, 0.3) is 0 Å². The van der Waals surface area contributed by atoms with Crippen LogP contribution in [0.2, 0.25) is 0 Å². The second-order valence-electron chi connectivity index (χ2n) is 7.47. The summed E-state index contributed by atoms with van der Waals surface area (Å²) in [5.74, 6) is -1.45. The Bertz CT molecular complexity index is 1310. The van der Waals surface area contributed by atoms with Gasteiger partial charge in [0.1, 0.15) is 23.5 Å². The van der Waals surface area contributed by atoms with Crippen LogP contribution in [0.3, 0.4) is 0 Å². The van der Waals surface area contributed by atoms with Crippen LogP contribution in [0.5, 0.6) is 5.75 Å². The highest BCUT2D eigenvalue weighted by molar-refractivity contribution is 6.11. The molecular weight excluding hydrogens is 395 g/mol. The molecule has 0 radical (unpaired) electrons. The predicted octanol–water partition coefficient (Wildman–Crippen LogP) is 4.85. The van der Waals surface area contributed by atoms with E-state index in [0.717, 1.165) is 12.5 Å². The average Bonchev–Trinajstić information content (AvgIpc) is 2.98. The van der Waals surface area contributed by atoms with Gasteiger partial charge in [0.05, 0.1) is 17.0 Å². The summed E-state index contributed by atoms with van der Waals surface area (Å²) in [4.78, 5) is 12.9. The van der Waals surface area contributed by atoms with Crippen molar-refractivity contribution < 1.29 is 18.3 Å². The van der Waals surface area contributed by atoms with Crippen molar-refractivity contribution in [2.24, 2.45) is 0 Å². The van der Waals surface area contributed by atoms with Crippen molar-refractivity contribution in [1.82, 2.24) is 19.5 Å². The van der Waals surface area contributed by atoms with Gasteiger partial charge in [-0.2, -0.15) is 13.2 Å². The number of rotatable bonds is 2. The lowest BCUT2D eigenvalue weighted by Gasteiger charge is -2.18. The van der Waals surface area contributed by atoms with Crippen LogP contribution in [0.4, 0.5) is 19.0 Å². The maximum absolute atomic E-state index is 13.4. The largest absolute Gasteiger partial charge is 0.508 e. The van der Waals surface area contributed by atoms with Gasteiger partial charge < -0.3 is 10.8 Å². The summed E-state index contributed by atoms with van der Waals surface area (Å²) in [5, 5.41) is 11.1. The number of nitrogens with two attached hydrogens (primary N) is 1. The fraction of sp³-hybridized carbons (Fsp3) is 0.286. The summed E-state index contributed by atoms with van der Waals surface area (Å²) < 4.78 is 42.0. The van der Waals surface area contributed by atoms with E-state index in [-0.39, 0.29) is 22.8 Å². The molecule has 4 rings (SSSR count). The zero-order valence-corrected chi connectivity index (χ0v) is 16.8. The van der Waals surface area contributed by atoms with Crippen LogP contribution in [0.15, 0.2) is 24.5 Å². The summed E-state index contributed by atoms with van der Waals surface area (Å²) in [6, 6.07) is 4.82. The number of alkyl halides is 3. The van der Waals surface area contributed by atoms with E-state index in [9.17, 15) is 18.3 Å². The lowest BCUT2D eigenvalue weighted by molar-refractivity contribution is -0.146. The summed E-state index contributed by atoms with van der Waals surface area (Å²) in [5.41, 5.74) is 9.35. The summed E-state index contributed by atoms with van der Waals surface area (Å²) in [6.07, 6.45) is -3.11. The van der Waals surface area contributed by atoms with E-state index < -0.39 is 12.1 Å². The molecule has 1 aromatic carbocycles. The third kappa shape index (κ3) is 2.84. The molecule has 0 bridgehead atoms. The summed E-state index contributed by atoms with van der Waals surface area (Å²) in [7, 11) is 0. The number of benzene rings is 1. The van der Waals surface area contributed by atoms with Crippen LogP contribution in [-0.2, 0) is 0 Å². The van der Waals surface area contributed by atoms with Crippen molar-refractivity contribution in [3.05, 3.63) is 46.9 Å². The molecule has 0 saturated heterocycles. The molecule has 30 heavy (non-hydrogen) atoms. The van der Waals surface area contributed by atoms with Gasteiger partial charge in [-0.25, -0.2) is 15.0 Å². The molecule has 3 heterocycles. The molecule has 0 aliphatic rings. The van der Waals surface area contributed by atoms with Crippen molar-refractivity contribution in [2.45, 2.75) is 39.8 Å². The maximum Gasteiger partial charge on any atom is 0.395 e. The second-order valence-corrected chi connectivity index (χ2v) is 7.47. The number of anilines is 1. The zero-order chi connectivity index (χ0) is 22.0. The van der Waals surface area contributed by atoms with Crippen molar-refractivity contribution in [1.29, 1.82) is 0 Å². The number of aryl methyl sites for hydroxylation is 2. The van der Waals surface area contributed by atoms with Crippen LogP contribution in [0.25, 0.3) is 27.8 Å². The van der Waals surface area contributed by atoms with Crippen LogP contribution in [0, 0.1) is 20.8 Å². The smallest absolute Gasteiger partial charge is 0.395 e. The Morgan fingerprint density at radius 2 is 1.80 bits per heavy atom. The van der Waals surface area contributed by atoms with Gasteiger partial charge in [0.2, 0.25) is 0 Å². The van der Waals surface area contributed by atoms with E-state index in [0.29, 0.717) is 33.3 Å². The third-order valence-corrected chi connectivity index (χ3v) is 5.57. The first-order chi connectivity index (χ1) is 14.0. The van der Waals surface area contributed by atoms with E-state index in [2.05, 4.69) is 15.0 Å². The van der Waals surface area contributed by atoms with E-state index in [1.165, 1.54) is 12.4 Å². The first kappa shape index (κ1) is 19.9. The number of nitrogen functional groups attached to an aromatic ring is 1. The molecule has 156 valence electrons. The van der Waals surface area contributed by atoms with E-state index in [4.69, 9.17) is 5.73 Å². The standard InChI is InChI=1S/C21H20F3N5O/c1-9-5-6-15(30)10(2)17(9)29-19-14(16-18(25)26-8-27-20(16)29)7-13(12(4)28-19)11(3)21(22,23)24/h5-8,11,30H,1-4H3,(H2,25,26,27). The lowest BCUT2D eigenvalue weighted by Crippen LogP contribution is -2.19. The number of fused-ring (bicyclic) bond motifs is 3. The van der Waals surface area contributed by atoms with Crippen molar-refractivity contribution >= 4 is 27.9 Å². The number of phenols is 1. The SMILES string of the molecule is Cc1ccc(O)c(C)c1-n1c2nc(C)c(C(C)C(F)(F)F)cc2c2c(N)ncnc21. The summed E-state index contributed by atoms with van der Waals surface area (Å²) in [6.45, 7) is 6.29. The van der Waals surface area contributed by atoms with Crippen molar-refractivity contribution in [3.63, 3.8) is 0 Å². The number of hydrogen-bond donors (Lipinski definition) is 2. The fourth-order valence-electron chi connectivity index (χ4n) is 3.88. The predicted molar refractivity (Wildman–Crippen MR) is 109 cm³/mol. The minimum absolute atomic E-state index is 0.0710. The Balaban J connectivity index is 2.19. The second kappa shape index (κ2) is 6.58. The number of aromatic nitrogens is 4. The number of aromatic hydroxyl groups is 1. The van der Waals surface area contributed by atoms with Gasteiger partial charge in [0.15, 0.2) is 5.65 Å². The number of halogens is 3. The minimum atomic E-state index is -4.40.